The van der Waals surface area contributed by atoms with E-state index < -0.39 is 23.8 Å². The number of benzene rings is 1. The number of fused-ring (bicyclic) bond motifs is 1. The molecule has 1 aliphatic carbocycles. The van der Waals surface area contributed by atoms with Gasteiger partial charge >= 0.3 is 5.69 Å². The lowest BCUT2D eigenvalue weighted by Crippen LogP contribution is -2.39. The number of aromatic nitrogens is 4. The molecule has 0 unspecified atom stereocenters. The second kappa shape index (κ2) is 10.8. The maximum Gasteiger partial charge on any atom is 0.333 e. The van der Waals surface area contributed by atoms with Crippen molar-refractivity contribution in [2.75, 3.05) is 0 Å². The molecule has 1 N–H and O–H groups in total. The first-order valence-electron chi connectivity index (χ1n) is 12.0. The minimum absolute atomic E-state index is 0.0996. The van der Waals surface area contributed by atoms with Crippen molar-refractivity contribution in [2.24, 2.45) is 5.92 Å². The van der Waals surface area contributed by atoms with Crippen LogP contribution in [0.2, 0.25) is 10.0 Å². The minimum atomic E-state index is -2.90. The fourth-order valence-corrected chi connectivity index (χ4v) is 5.35. The van der Waals surface area contributed by atoms with E-state index in [0.717, 1.165) is 6.20 Å². The number of hydrogen-bond acceptors (Lipinski definition) is 4. The van der Waals surface area contributed by atoms with Crippen molar-refractivity contribution in [3.63, 3.8) is 0 Å². The van der Waals surface area contributed by atoms with Gasteiger partial charge in [0.2, 0.25) is 0 Å². The molecule has 1 saturated carbocycles. The second-order valence-electron chi connectivity index (χ2n) is 9.27. The van der Waals surface area contributed by atoms with Crippen molar-refractivity contribution >= 4 is 40.1 Å². The van der Waals surface area contributed by atoms with Crippen LogP contribution in [0.15, 0.2) is 53.7 Å². The van der Waals surface area contributed by atoms with Gasteiger partial charge in [-0.15, -0.1) is 0 Å². The predicted molar refractivity (Wildman–Crippen MR) is 138 cm³/mol. The van der Waals surface area contributed by atoms with Gasteiger partial charge in [-0.2, -0.15) is 0 Å². The molecule has 38 heavy (non-hydrogen) atoms. The SMILES string of the molecule is O=C(N[C@H]1CC[C@H](Cn2c(=O)n(-c3cc(F)ccc3Cl)c3cnccc32)CC1)c1cc(Cl)cnc1C(F)F. The average Bonchev–Trinajstić information content (AvgIpc) is 3.17. The molecule has 12 heteroatoms. The largest absolute Gasteiger partial charge is 0.349 e. The quantitative estimate of drug-likeness (QED) is 0.314. The highest BCUT2D eigenvalue weighted by Crippen LogP contribution is 2.29. The van der Waals surface area contributed by atoms with Gasteiger partial charge in [-0.25, -0.2) is 18.0 Å². The van der Waals surface area contributed by atoms with Crippen molar-refractivity contribution in [1.82, 2.24) is 24.4 Å². The van der Waals surface area contributed by atoms with Crippen LogP contribution in [0.3, 0.4) is 0 Å². The molecule has 3 aromatic heterocycles. The molecule has 1 fully saturated rings. The smallest absolute Gasteiger partial charge is 0.333 e. The molecule has 4 aromatic rings. The molecular weight excluding hydrogens is 542 g/mol. The van der Waals surface area contributed by atoms with Crippen LogP contribution in [-0.4, -0.2) is 31.1 Å². The summed E-state index contributed by atoms with van der Waals surface area (Å²) in [6, 6.07) is 6.55. The van der Waals surface area contributed by atoms with E-state index in [1.54, 1.807) is 23.0 Å². The molecule has 1 aromatic carbocycles. The second-order valence-corrected chi connectivity index (χ2v) is 10.1. The maximum absolute atomic E-state index is 14.0. The molecule has 0 atom stereocenters. The highest BCUT2D eigenvalue weighted by Gasteiger charge is 2.27. The van der Waals surface area contributed by atoms with Gasteiger partial charge < -0.3 is 5.32 Å². The first kappa shape index (κ1) is 26.2. The molecular formula is C26H22Cl2F3N5O2. The maximum atomic E-state index is 14.0. The van der Waals surface area contributed by atoms with E-state index in [-0.39, 0.29) is 38.9 Å². The summed E-state index contributed by atoms with van der Waals surface area (Å²) in [6.07, 6.45) is 3.93. The van der Waals surface area contributed by atoms with Gasteiger partial charge in [0, 0.05) is 25.0 Å². The summed E-state index contributed by atoms with van der Waals surface area (Å²) in [4.78, 5) is 33.9. The molecule has 198 valence electrons. The van der Waals surface area contributed by atoms with Gasteiger partial charge in [-0.1, -0.05) is 23.2 Å². The number of hydrogen-bond donors (Lipinski definition) is 1. The Hall–Kier alpha value is -3.37. The Morgan fingerprint density at radius 3 is 2.58 bits per heavy atom. The summed E-state index contributed by atoms with van der Waals surface area (Å²) in [5, 5.41) is 3.15. The van der Waals surface area contributed by atoms with E-state index in [4.69, 9.17) is 23.2 Å². The highest BCUT2D eigenvalue weighted by atomic mass is 35.5. The number of rotatable bonds is 6. The Morgan fingerprint density at radius 2 is 1.84 bits per heavy atom. The van der Waals surface area contributed by atoms with Crippen LogP contribution in [-0.2, 0) is 6.54 Å². The van der Waals surface area contributed by atoms with E-state index in [0.29, 0.717) is 43.3 Å². The number of nitrogens with one attached hydrogen (secondary N) is 1. The molecule has 0 bridgehead atoms. The number of halogens is 5. The van der Waals surface area contributed by atoms with Crippen molar-refractivity contribution in [1.29, 1.82) is 0 Å². The van der Waals surface area contributed by atoms with Crippen molar-refractivity contribution in [3.05, 3.63) is 86.5 Å². The fourth-order valence-electron chi connectivity index (χ4n) is 4.99. The number of amides is 1. The Labute approximate surface area is 225 Å². The Kier molecular flexibility index (Phi) is 7.45. The van der Waals surface area contributed by atoms with Gasteiger partial charge in [-0.3, -0.25) is 23.9 Å². The van der Waals surface area contributed by atoms with Crippen LogP contribution in [0.1, 0.15) is 48.2 Å². The zero-order valence-electron chi connectivity index (χ0n) is 19.9. The van der Waals surface area contributed by atoms with Crippen LogP contribution < -0.4 is 11.0 Å². The number of pyridine rings is 2. The monoisotopic (exact) mass is 563 g/mol. The summed E-state index contributed by atoms with van der Waals surface area (Å²) in [7, 11) is 0. The summed E-state index contributed by atoms with van der Waals surface area (Å²) < 4.78 is 43.6. The van der Waals surface area contributed by atoms with Crippen LogP contribution in [0.4, 0.5) is 13.2 Å². The number of carbonyl (C=O) groups excluding carboxylic acids is 1. The van der Waals surface area contributed by atoms with Gasteiger partial charge in [-0.05, 0) is 61.9 Å². The third-order valence-electron chi connectivity index (χ3n) is 6.84. The molecule has 0 aliphatic heterocycles. The van der Waals surface area contributed by atoms with E-state index in [1.807, 2.05) is 0 Å². The van der Waals surface area contributed by atoms with Crippen LogP contribution >= 0.6 is 23.2 Å². The number of alkyl halides is 2. The first-order chi connectivity index (χ1) is 18.2. The Morgan fingerprint density at radius 1 is 1.08 bits per heavy atom. The van der Waals surface area contributed by atoms with Gasteiger partial charge in [0.05, 0.1) is 38.5 Å². The summed E-state index contributed by atoms with van der Waals surface area (Å²) in [5.74, 6) is -1.03. The van der Waals surface area contributed by atoms with Crippen LogP contribution in [0.25, 0.3) is 16.7 Å². The van der Waals surface area contributed by atoms with Crippen molar-refractivity contribution < 1.29 is 18.0 Å². The lowest BCUT2D eigenvalue weighted by atomic mass is 9.85. The number of carbonyl (C=O) groups is 1. The predicted octanol–water partition coefficient (Wildman–Crippen LogP) is 5.95. The molecule has 3 heterocycles. The van der Waals surface area contributed by atoms with E-state index in [9.17, 15) is 22.8 Å². The van der Waals surface area contributed by atoms with Gasteiger partial charge in [0.15, 0.2) is 0 Å². The highest BCUT2D eigenvalue weighted by molar-refractivity contribution is 6.32. The summed E-state index contributed by atoms with van der Waals surface area (Å²) in [6.45, 7) is 0.410. The molecule has 1 amide bonds. The lowest BCUT2D eigenvalue weighted by Gasteiger charge is -2.29. The fraction of sp³-hybridized carbons (Fsp3) is 0.308. The standard InChI is InChI=1S/C26H22Cl2F3N5O2/c27-15-9-18(23(24(30)31)33-11-15)25(37)34-17-4-1-14(2-5-17)13-35-20-7-8-32-12-22(20)36(26(35)38)21-10-16(29)3-6-19(21)28/h3,6-12,14,17,24H,1-2,4-5,13H2,(H,34,37)/t14-,17-. The molecule has 0 radical (unpaired) electrons. The van der Waals surface area contributed by atoms with Crippen LogP contribution in [0.5, 0.6) is 0 Å². The minimum Gasteiger partial charge on any atom is -0.349 e. The van der Waals surface area contributed by atoms with Crippen molar-refractivity contribution in [3.8, 4) is 5.69 Å². The average molecular weight is 564 g/mol. The topological polar surface area (TPSA) is 81.8 Å². The third-order valence-corrected chi connectivity index (χ3v) is 7.37. The Bertz CT molecular complexity index is 1560. The summed E-state index contributed by atoms with van der Waals surface area (Å²) >= 11 is 12.2. The molecule has 7 nitrogen and oxygen atoms in total. The van der Waals surface area contributed by atoms with Crippen molar-refractivity contribution in [2.45, 2.75) is 44.7 Å². The van der Waals surface area contributed by atoms with Gasteiger partial charge in [0.25, 0.3) is 12.3 Å². The lowest BCUT2D eigenvalue weighted by molar-refractivity contribution is 0.0904. The van der Waals surface area contributed by atoms with E-state index in [1.165, 1.54) is 28.8 Å². The Balaban J connectivity index is 1.32. The molecule has 5 rings (SSSR count). The molecule has 1 aliphatic rings. The summed E-state index contributed by atoms with van der Waals surface area (Å²) in [5.41, 5.74) is 0.190. The number of imidazole rings is 1. The molecule has 0 spiro atoms. The normalized spacial score (nSPS) is 17.7. The zero-order chi connectivity index (χ0) is 27.0. The third kappa shape index (κ3) is 5.15. The zero-order valence-corrected chi connectivity index (χ0v) is 21.4. The first-order valence-corrected chi connectivity index (χ1v) is 12.7. The van der Waals surface area contributed by atoms with Crippen LogP contribution in [0, 0.1) is 11.7 Å². The number of nitrogens with zero attached hydrogens (tertiary/aromatic N) is 4. The van der Waals surface area contributed by atoms with E-state index in [2.05, 4.69) is 15.3 Å². The van der Waals surface area contributed by atoms with E-state index >= 15 is 0 Å². The van der Waals surface area contributed by atoms with Gasteiger partial charge in [0.1, 0.15) is 11.5 Å². The molecule has 0 saturated heterocycles.